The van der Waals surface area contributed by atoms with Crippen molar-refractivity contribution in [3.8, 4) is 11.3 Å². The molecule has 21 heavy (non-hydrogen) atoms. The number of rotatable bonds is 2. The quantitative estimate of drug-likeness (QED) is 0.629. The van der Waals surface area contributed by atoms with E-state index >= 15 is 0 Å². The second-order valence-electron chi connectivity index (χ2n) is 5.27. The van der Waals surface area contributed by atoms with Crippen LogP contribution in [-0.4, -0.2) is 15.7 Å². The van der Waals surface area contributed by atoms with E-state index in [-0.39, 0.29) is 0 Å². The number of halogens is 1. The maximum absolute atomic E-state index is 11.7. The van der Waals surface area contributed by atoms with E-state index in [2.05, 4.69) is 20.3 Å². The van der Waals surface area contributed by atoms with Crippen LogP contribution in [0, 0.1) is 0 Å². The van der Waals surface area contributed by atoms with Crippen LogP contribution in [0.15, 0.2) is 28.7 Å². The predicted octanol–water partition coefficient (Wildman–Crippen LogP) is 4.52. The highest BCUT2D eigenvalue weighted by Gasteiger charge is 2.22. The first-order valence-electron chi connectivity index (χ1n) is 7.02. The zero-order valence-electron chi connectivity index (χ0n) is 11.3. The van der Waals surface area contributed by atoms with Crippen molar-refractivity contribution < 1.29 is 4.79 Å². The topological polar surface area (TPSA) is 34.4 Å². The van der Waals surface area contributed by atoms with E-state index in [4.69, 9.17) is 4.98 Å². The van der Waals surface area contributed by atoms with E-state index in [1.165, 1.54) is 23.4 Å². The third-order valence-electron chi connectivity index (χ3n) is 3.99. The van der Waals surface area contributed by atoms with Gasteiger partial charge in [0.1, 0.15) is 11.4 Å². The largest absolute Gasteiger partial charge is 0.296 e. The van der Waals surface area contributed by atoms with E-state index in [9.17, 15) is 4.79 Å². The molecule has 0 saturated heterocycles. The minimum Gasteiger partial charge on any atom is -0.296 e. The molecule has 2 aromatic heterocycles. The van der Waals surface area contributed by atoms with Crippen molar-refractivity contribution in [2.45, 2.75) is 25.7 Å². The van der Waals surface area contributed by atoms with Crippen molar-refractivity contribution >= 4 is 38.5 Å². The fraction of sp³-hybridized carbons (Fsp3) is 0.250. The zero-order chi connectivity index (χ0) is 14.4. The van der Waals surface area contributed by atoms with Gasteiger partial charge in [-0.25, -0.2) is 4.98 Å². The summed E-state index contributed by atoms with van der Waals surface area (Å²) < 4.78 is 3.10. The van der Waals surface area contributed by atoms with Gasteiger partial charge < -0.3 is 0 Å². The molecule has 1 aromatic carbocycles. The van der Waals surface area contributed by atoms with Gasteiger partial charge in [-0.05, 0) is 37.8 Å². The van der Waals surface area contributed by atoms with Gasteiger partial charge in [-0.1, -0.05) is 28.1 Å². The molecule has 106 valence electrons. The summed E-state index contributed by atoms with van der Waals surface area (Å²) in [6.45, 7) is 0. The van der Waals surface area contributed by atoms with Crippen LogP contribution in [0.25, 0.3) is 16.2 Å². The minimum absolute atomic E-state index is 0.687. The molecule has 1 aliphatic rings. The van der Waals surface area contributed by atoms with Crippen LogP contribution >= 0.6 is 27.3 Å². The van der Waals surface area contributed by atoms with Crippen molar-refractivity contribution in [3.05, 3.63) is 45.0 Å². The normalized spacial score (nSPS) is 14.3. The number of fused-ring (bicyclic) bond motifs is 3. The Labute approximate surface area is 134 Å². The van der Waals surface area contributed by atoms with Crippen LogP contribution in [-0.2, 0) is 12.8 Å². The number of aldehydes is 1. The molecule has 0 aliphatic heterocycles. The number of imidazole rings is 1. The van der Waals surface area contributed by atoms with Crippen molar-refractivity contribution in [2.24, 2.45) is 0 Å². The fourth-order valence-electron chi connectivity index (χ4n) is 2.99. The number of thiazole rings is 1. The van der Waals surface area contributed by atoms with Crippen LogP contribution in [0.1, 0.15) is 33.9 Å². The Hall–Kier alpha value is -1.46. The Morgan fingerprint density at radius 3 is 2.71 bits per heavy atom. The molecule has 0 radical (unpaired) electrons. The molecule has 0 saturated carbocycles. The Morgan fingerprint density at radius 2 is 1.95 bits per heavy atom. The molecule has 0 unspecified atom stereocenters. The molecule has 3 aromatic rings. The number of benzene rings is 1. The SMILES string of the molecule is O=Cc1c(-c2ccc(Br)cc2)nc2sc3c(n12)CCCC3. The first-order valence-corrected chi connectivity index (χ1v) is 8.63. The first kappa shape index (κ1) is 13.2. The van der Waals surface area contributed by atoms with Crippen LogP contribution in [0.3, 0.4) is 0 Å². The molecule has 3 nitrogen and oxygen atoms in total. The smallest absolute Gasteiger partial charge is 0.195 e. The molecule has 0 fully saturated rings. The van der Waals surface area contributed by atoms with Gasteiger partial charge in [0, 0.05) is 20.6 Å². The highest BCUT2D eigenvalue weighted by atomic mass is 79.9. The molecule has 0 amide bonds. The van der Waals surface area contributed by atoms with E-state index in [1.807, 2.05) is 24.3 Å². The molecule has 0 spiro atoms. The summed E-state index contributed by atoms with van der Waals surface area (Å²) in [5.41, 5.74) is 3.75. The van der Waals surface area contributed by atoms with Gasteiger partial charge in [0.25, 0.3) is 0 Å². The van der Waals surface area contributed by atoms with Crippen LogP contribution in [0.2, 0.25) is 0 Å². The third kappa shape index (κ3) is 2.07. The standard InChI is InChI=1S/C16H13BrN2OS/c17-11-7-5-10(6-8-11)15-13(9-20)19-12-3-1-2-4-14(12)21-16(19)18-15/h5-9H,1-4H2. The van der Waals surface area contributed by atoms with Crippen LogP contribution < -0.4 is 0 Å². The van der Waals surface area contributed by atoms with Crippen molar-refractivity contribution in [2.75, 3.05) is 0 Å². The number of aryl methyl sites for hydroxylation is 2. The predicted molar refractivity (Wildman–Crippen MR) is 88.2 cm³/mol. The first-order chi connectivity index (χ1) is 10.3. The molecular weight excluding hydrogens is 348 g/mol. The zero-order valence-corrected chi connectivity index (χ0v) is 13.7. The van der Waals surface area contributed by atoms with Crippen molar-refractivity contribution in [1.82, 2.24) is 9.38 Å². The van der Waals surface area contributed by atoms with Gasteiger partial charge in [0.15, 0.2) is 11.2 Å². The number of hydrogen-bond donors (Lipinski definition) is 0. The molecule has 0 bridgehead atoms. The lowest BCUT2D eigenvalue weighted by Gasteiger charge is -2.11. The molecule has 4 rings (SSSR count). The third-order valence-corrected chi connectivity index (χ3v) is 5.66. The lowest BCUT2D eigenvalue weighted by molar-refractivity contribution is 0.111. The summed E-state index contributed by atoms with van der Waals surface area (Å²) in [4.78, 5) is 18.7. The second kappa shape index (κ2) is 5.07. The van der Waals surface area contributed by atoms with Gasteiger partial charge in [0.2, 0.25) is 0 Å². The number of aromatic nitrogens is 2. The summed E-state index contributed by atoms with van der Waals surface area (Å²) in [7, 11) is 0. The van der Waals surface area contributed by atoms with Crippen LogP contribution in [0.4, 0.5) is 0 Å². The number of carbonyl (C=O) groups is 1. The minimum atomic E-state index is 0.687. The molecule has 1 aliphatic carbocycles. The Bertz CT molecular complexity index is 832. The average molecular weight is 361 g/mol. The van der Waals surface area contributed by atoms with E-state index in [0.717, 1.165) is 39.8 Å². The summed E-state index contributed by atoms with van der Waals surface area (Å²) >= 11 is 5.17. The highest BCUT2D eigenvalue weighted by Crippen LogP contribution is 2.34. The summed E-state index contributed by atoms with van der Waals surface area (Å²) in [5, 5.41) is 0. The fourth-order valence-corrected chi connectivity index (χ4v) is 4.47. The molecule has 0 atom stereocenters. The van der Waals surface area contributed by atoms with E-state index in [0.29, 0.717) is 5.69 Å². The second-order valence-corrected chi connectivity index (χ2v) is 7.25. The lowest BCUT2D eigenvalue weighted by Crippen LogP contribution is -2.04. The summed E-state index contributed by atoms with van der Waals surface area (Å²) in [6, 6.07) is 7.95. The maximum atomic E-state index is 11.7. The van der Waals surface area contributed by atoms with Gasteiger partial charge in [0.05, 0.1) is 0 Å². The van der Waals surface area contributed by atoms with E-state index < -0.39 is 0 Å². The molecule has 0 N–H and O–H groups in total. The average Bonchev–Trinajstić information content (AvgIpc) is 3.03. The Kier molecular flexibility index (Phi) is 3.19. The maximum Gasteiger partial charge on any atom is 0.195 e. The number of hydrogen-bond acceptors (Lipinski definition) is 3. The van der Waals surface area contributed by atoms with Gasteiger partial charge in [-0.15, -0.1) is 11.3 Å². The Morgan fingerprint density at radius 1 is 1.19 bits per heavy atom. The highest BCUT2D eigenvalue weighted by molar-refractivity contribution is 9.10. The monoisotopic (exact) mass is 360 g/mol. The Balaban J connectivity index is 1.96. The van der Waals surface area contributed by atoms with Crippen molar-refractivity contribution in [3.63, 3.8) is 0 Å². The van der Waals surface area contributed by atoms with Gasteiger partial charge in [-0.3, -0.25) is 9.20 Å². The van der Waals surface area contributed by atoms with Crippen LogP contribution in [0.5, 0.6) is 0 Å². The van der Waals surface area contributed by atoms with Gasteiger partial charge in [-0.2, -0.15) is 0 Å². The lowest BCUT2D eigenvalue weighted by atomic mass is 10.0. The summed E-state index contributed by atoms with van der Waals surface area (Å²) in [5.74, 6) is 0. The summed E-state index contributed by atoms with van der Waals surface area (Å²) in [6.07, 6.45) is 5.55. The molecular formula is C16H13BrN2OS. The molecule has 2 heterocycles. The number of carbonyl (C=O) groups excluding carboxylic acids is 1. The molecule has 5 heteroatoms. The number of nitrogens with zero attached hydrogens (tertiary/aromatic N) is 2. The van der Waals surface area contributed by atoms with Crippen molar-refractivity contribution in [1.29, 1.82) is 0 Å². The van der Waals surface area contributed by atoms with Gasteiger partial charge >= 0.3 is 0 Å². The van der Waals surface area contributed by atoms with E-state index in [1.54, 1.807) is 11.3 Å².